The first-order valence-electron chi connectivity index (χ1n) is 4.50. The SMILES string of the molecule is CC(Br)c1cc(=O)n2c(n1)SCC2C. The topological polar surface area (TPSA) is 34.9 Å². The molecule has 14 heavy (non-hydrogen) atoms. The van der Waals surface area contributed by atoms with E-state index in [0.29, 0.717) is 0 Å². The molecule has 2 heterocycles. The highest BCUT2D eigenvalue weighted by atomic mass is 79.9. The van der Waals surface area contributed by atoms with Gasteiger partial charge in [0.05, 0.1) is 10.5 Å². The van der Waals surface area contributed by atoms with Crippen molar-refractivity contribution in [1.82, 2.24) is 9.55 Å². The fourth-order valence-electron chi connectivity index (χ4n) is 1.47. The summed E-state index contributed by atoms with van der Waals surface area (Å²) in [7, 11) is 0. The molecule has 0 aliphatic carbocycles. The van der Waals surface area contributed by atoms with Crippen molar-refractivity contribution in [1.29, 1.82) is 0 Å². The number of thioether (sulfide) groups is 1. The Bertz CT molecular complexity index is 416. The minimum absolute atomic E-state index is 0.0637. The molecular weight excluding hydrogens is 264 g/mol. The summed E-state index contributed by atoms with van der Waals surface area (Å²) in [5.41, 5.74) is 0.886. The Morgan fingerprint density at radius 1 is 1.79 bits per heavy atom. The summed E-state index contributed by atoms with van der Waals surface area (Å²) >= 11 is 5.07. The van der Waals surface area contributed by atoms with E-state index in [1.165, 1.54) is 0 Å². The maximum Gasteiger partial charge on any atom is 0.254 e. The van der Waals surface area contributed by atoms with E-state index in [0.717, 1.165) is 16.6 Å². The molecule has 0 aromatic carbocycles. The summed E-state index contributed by atoms with van der Waals surface area (Å²) in [6, 6.07) is 1.89. The first-order valence-corrected chi connectivity index (χ1v) is 6.40. The largest absolute Gasteiger partial charge is 0.284 e. The maximum absolute atomic E-state index is 11.7. The molecule has 76 valence electrons. The Kier molecular flexibility index (Phi) is 2.70. The van der Waals surface area contributed by atoms with Gasteiger partial charge in [-0.3, -0.25) is 9.36 Å². The molecule has 0 amide bonds. The van der Waals surface area contributed by atoms with Gasteiger partial charge in [-0.15, -0.1) is 0 Å². The van der Waals surface area contributed by atoms with Crippen LogP contribution in [0.4, 0.5) is 0 Å². The average molecular weight is 275 g/mol. The molecular formula is C9H11BrN2OS. The predicted octanol–water partition coefficient (Wildman–Crippen LogP) is 2.37. The van der Waals surface area contributed by atoms with Crippen LogP contribution in [-0.2, 0) is 0 Å². The second kappa shape index (κ2) is 3.70. The van der Waals surface area contributed by atoms with E-state index in [1.54, 1.807) is 22.4 Å². The number of hydrogen-bond acceptors (Lipinski definition) is 3. The molecule has 1 aromatic heterocycles. The van der Waals surface area contributed by atoms with Crippen molar-refractivity contribution in [2.45, 2.75) is 29.9 Å². The van der Waals surface area contributed by atoms with Crippen LogP contribution in [0.2, 0.25) is 0 Å². The van der Waals surface area contributed by atoms with Crippen molar-refractivity contribution in [3.63, 3.8) is 0 Å². The number of nitrogens with zero attached hydrogens (tertiary/aromatic N) is 2. The highest BCUT2D eigenvalue weighted by Crippen LogP contribution is 2.30. The van der Waals surface area contributed by atoms with Gasteiger partial charge in [0.25, 0.3) is 5.56 Å². The molecule has 1 aromatic rings. The first kappa shape index (κ1) is 10.2. The van der Waals surface area contributed by atoms with Gasteiger partial charge >= 0.3 is 0 Å². The van der Waals surface area contributed by atoms with E-state index >= 15 is 0 Å². The lowest BCUT2D eigenvalue weighted by atomic mass is 10.3. The monoisotopic (exact) mass is 274 g/mol. The molecule has 0 spiro atoms. The normalized spacial score (nSPS) is 22.1. The molecule has 0 fully saturated rings. The van der Waals surface area contributed by atoms with Gasteiger partial charge in [0.15, 0.2) is 5.16 Å². The standard InChI is InChI=1S/C9H11BrN2OS/c1-5-4-14-9-11-7(6(2)10)3-8(13)12(5)9/h3,5-6H,4H2,1-2H3. The second-order valence-corrected chi connectivity index (χ2v) is 5.81. The molecule has 1 aliphatic heterocycles. The number of hydrogen-bond donors (Lipinski definition) is 0. The maximum atomic E-state index is 11.7. The molecule has 2 unspecified atom stereocenters. The first-order chi connectivity index (χ1) is 6.59. The van der Waals surface area contributed by atoms with Crippen LogP contribution in [0.25, 0.3) is 0 Å². The fourth-order valence-corrected chi connectivity index (χ4v) is 2.82. The number of fused-ring (bicyclic) bond motifs is 1. The van der Waals surface area contributed by atoms with Crippen molar-refractivity contribution in [3.8, 4) is 0 Å². The van der Waals surface area contributed by atoms with Gasteiger partial charge < -0.3 is 0 Å². The van der Waals surface area contributed by atoms with E-state index in [4.69, 9.17) is 0 Å². The highest BCUT2D eigenvalue weighted by Gasteiger charge is 2.22. The van der Waals surface area contributed by atoms with Crippen molar-refractivity contribution in [3.05, 3.63) is 22.1 Å². The summed E-state index contributed by atoms with van der Waals surface area (Å²) in [6.07, 6.45) is 0. The van der Waals surface area contributed by atoms with Crippen LogP contribution < -0.4 is 5.56 Å². The molecule has 2 rings (SSSR count). The molecule has 0 bridgehead atoms. The highest BCUT2D eigenvalue weighted by molar-refractivity contribution is 9.09. The molecule has 0 saturated heterocycles. The number of aromatic nitrogens is 2. The lowest BCUT2D eigenvalue weighted by Gasteiger charge is -2.09. The van der Waals surface area contributed by atoms with Gasteiger partial charge in [-0.05, 0) is 13.8 Å². The third-order valence-corrected chi connectivity index (χ3v) is 3.91. The van der Waals surface area contributed by atoms with E-state index in [-0.39, 0.29) is 16.4 Å². The minimum Gasteiger partial charge on any atom is -0.284 e. The summed E-state index contributed by atoms with van der Waals surface area (Å²) in [5.74, 6) is 0.947. The molecule has 5 heteroatoms. The fraction of sp³-hybridized carbons (Fsp3) is 0.556. The lowest BCUT2D eigenvalue weighted by Crippen LogP contribution is -2.23. The number of rotatable bonds is 1. The molecule has 0 radical (unpaired) electrons. The molecule has 1 aliphatic rings. The van der Waals surface area contributed by atoms with Gasteiger partial charge in [0.1, 0.15) is 0 Å². The summed E-state index contributed by atoms with van der Waals surface area (Å²) in [5, 5.41) is 0.853. The Morgan fingerprint density at radius 3 is 3.14 bits per heavy atom. The Labute approximate surface area is 95.1 Å². The van der Waals surface area contributed by atoms with Gasteiger partial charge in [0, 0.05) is 17.9 Å². The number of alkyl halides is 1. The van der Waals surface area contributed by atoms with Crippen LogP contribution in [0.1, 0.15) is 30.4 Å². The second-order valence-electron chi connectivity index (χ2n) is 3.45. The lowest BCUT2D eigenvalue weighted by molar-refractivity contribution is 0.538. The smallest absolute Gasteiger partial charge is 0.254 e. The zero-order chi connectivity index (χ0) is 10.3. The average Bonchev–Trinajstić information content (AvgIpc) is 2.48. The Hall–Kier alpha value is -0.290. The third-order valence-electron chi connectivity index (χ3n) is 2.24. The minimum atomic E-state index is 0.0637. The van der Waals surface area contributed by atoms with E-state index in [1.807, 2.05) is 13.8 Å². The third kappa shape index (κ3) is 1.63. The van der Waals surface area contributed by atoms with Gasteiger partial charge in [-0.2, -0.15) is 0 Å². The van der Waals surface area contributed by atoms with E-state index in [2.05, 4.69) is 20.9 Å². The summed E-state index contributed by atoms with van der Waals surface area (Å²) < 4.78 is 1.77. The zero-order valence-corrected chi connectivity index (χ0v) is 10.4. The van der Waals surface area contributed by atoms with Crippen molar-refractivity contribution >= 4 is 27.7 Å². The number of halogens is 1. The molecule has 3 nitrogen and oxygen atoms in total. The predicted molar refractivity (Wildman–Crippen MR) is 61.3 cm³/mol. The van der Waals surface area contributed by atoms with Crippen LogP contribution in [0, 0.1) is 0 Å². The quantitative estimate of drug-likeness (QED) is 0.583. The molecule has 0 N–H and O–H groups in total. The van der Waals surface area contributed by atoms with Crippen LogP contribution in [0.3, 0.4) is 0 Å². The van der Waals surface area contributed by atoms with Crippen molar-refractivity contribution < 1.29 is 0 Å². The van der Waals surface area contributed by atoms with E-state index < -0.39 is 0 Å². The molecule has 0 saturated carbocycles. The molecule has 2 atom stereocenters. The summed E-state index contributed by atoms with van der Waals surface area (Å²) in [4.78, 5) is 16.3. The van der Waals surface area contributed by atoms with Crippen LogP contribution in [0.5, 0.6) is 0 Å². The van der Waals surface area contributed by atoms with Gasteiger partial charge in [-0.25, -0.2) is 4.98 Å². The van der Waals surface area contributed by atoms with E-state index in [9.17, 15) is 4.79 Å². The summed E-state index contributed by atoms with van der Waals surface area (Å²) in [6.45, 7) is 4.02. The zero-order valence-electron chi connectivity index (χ0n) is 8.03. The van der Waals surface area contributed by atoms with Crippen molar-refractivity contribution in [2.24, 2.45) is 0 Å². The van der Waals surface area contributed by atoms with Gasteiger partial charge in [-0.1, -0.05) is 27.7 Å². The Morgan fingerprint density at radius 2 is 2.50 bits per heavy atom. The van der Waals surface area contributed by atoms with Crippen LogP contribution >= 0.6 is 27.7 Å². The Balaban J connectivity index is 2.57. The van der Waals surface area contributed by atoms with Crippen LogP contribution in [-0.4, -0.2) is 15.3 Å². The van der Waals surface area contributed by atoms with Crippen molar-refractivity contribution in [2.75, 3.05) is 5.75 Å². The van der Waals surface area contributed by atoms with Gasteiger partial charge in [0.2, 0.25) is 0 Å². The van der Waals surface area contributed by atoms with Crippen LogP contribution in [0.15, 0.2) is 16.0 Å².